The highest BCUT2D eigenvalue weighted by Gasteiger charge is 2.53. The first-order valence-corrected chi connectivity index (χ1v) is 13.2. The zero-order chi connectivity index (χ0) is 26.1. The summed E-state index contributed by atoms with van der Waals surface area (Å²) in [5, 5.41) is 2.95. The minimum absolute atomic E-state index is 0.0318. The van der Waals surface area contributed by atoms with Crippen LogP contribution < -0.4 is 5.32 Å². The number of amides is 1. The molecule has 1 amide bonds. The van der Waals surface area contributed by atoms with Gasteiger partial charge in [-0.3, -0.25) is 4.90 Å². The highest BCUT2D eigenvalue weighted by atomic mass is 16.6. The maximum absolute atomic E-state index is 13.2. The number of hydrogen-bond donors (Lipinski definition) is 1. The number of nitrogens with one attached hydrogen (secondary N) is 1. The van der Waals surface area contributed by atoms with Crippen LogP contribution in [0, 0.1) is 0 Å². The van der Waals surface area contributed by atoms with E-state index in [2.05, 4.69) is 46.6 Å². The van der Waals surface area contributed by atoms with Crippen LogP contribution in [0.3, 0.4) is 0 Å². The number of nitrogens with zero attached hydrogens (tertiary/aromatic N) is 1. The number of morpholine rings is 1. The van der Waals surface area contributed by atoms with Gasteiger partial charge in [-0.1, -0.05) is 78.9 Å². The summed E-state index contributed by atoms with van der Waals surface area (Å²) in [6.45, 7) is 1.94. The van der Waals surface area contributed by atoms with Gasteiger partial charge >= 0.3 is 12.1 Å². The average molecular weight is 513 g/mol. The highest BCUT2D eigenvalue weighted by molar-refractivity contribution is 5.86. The van der Waals surface area contributed by atoms with Crippen LogP contribution in [0.25, 0.3) is 11.1 Å². The van der Waals surface area contributed by atoms with Crippen molar-refractivity contribution in [3.63, 3.8) is 0 Å². The van der Waals surface area contributed by atoms with E-state index < -0.39 is 17.6 Å². The maximum atomic E-state index is 13.2. The predicted molar refractivity (Wildman–Crippen MR) is 143 cm³/mol. The third kappa shape index (κ3) is 4.46. The Morgan fingerprint density at radius 1 is 0.895 bits per heavy atom. The third-order valence-electron chi connectivity index (χ3n) is 8.20. The Hall–Kier alpha value is -3.68. The summed E-state index contributed by atoms with van der Waals surface area (Å²) in [4.78, 5) is 28.8. The number of hydrogen-bond acceptors (Lipinski definition) is 6. The number of rotatable bonds is 6. The van der Waals surface area contributed by atoms with E-state index in [1.165, 1.54) is 23.8 Å². The molecular formula is C31H32N2O5. The van der Waals surface area contributed by atoms with Crippen LogP contribution >= 0.6 is 0 Å². The van der Waals surface area contributed by atoms with Gasteiger partial charge in [0.2, 0.25) is 0 Å². The van der Waals surface area contributed by atoms with E-state index in [-0.39, 0.29) is 24.6 Å². The van der Waals surface area contributed by atoms with Gasteiger partial charge in [0.05, 0.1) is 20.3 Å². The Morgan fingerprint density at radius 3 is 2.08 bits per heavy atom. The van der Waals surface area contributed by atoms with Gasteiger partial charge in [-0.25, -0.2) is 9.59 Å². The molecule has 2 fully saturated rings. The van der Waals surface area contributed by atoms with Crippen LogP contribution in [0.4, 0.5) is 4.79 Å². The first-order chi connectivity index (χ1) is 18.6. The van der Waals surface area contributed by atoms with Crippen molar-refractivity contribution in [1.29, 1.82) is 0 Å². The number of carbonyl (C=O) groups is 2. The summed E-state index contributed by atoms with van der Waals surface area (Å²) in [6.07, 6.45) is 0.188. The second kappa shape index (κ2) is 10.2. The lowest BCUT2D eigenvalue weighted by Crippen LogP contribution is -2.68. The Balaban J connectivity index is 1.18. The van der Waals surface area contributed by atoms with Gasteiger partial charge in [-0.15, -0.1) is 0 Å². The fourth-order valence-electron chi connectivity index (χ4n) is 6.47. The van der Waals surface area contributed by atoms with Gasteiger partial charge < -0.3 is 19.5 Å². The van der Waals surface area contributed by atoms with Crippen molar-refractivity contribution < 1.29 is 23.8 Å². The van der Waals surface area contributed by atoms with Crippen molar-refractivity contribution in [3.8, 4) is 11.1 Å². The van der Waals surface area contributed by atoms with Crippen LogP contribution in [0.1, 0.15) is 35.4 Å². The van der Waals surface area contributed by atoms with E-state index in [0.29, 0.717) is 26.1 Å². The molecule has 2 unspecified atom stereocenters. The number of fused-ring (bicyclic) bond motifs is 5. The highest BCUT2D eigenvalue weighted by Crippen LogP contribution is 2.44. The van der Waals surface area contributed by atoms with Crippen molar-refractivity contribution >= 4 is 12.1 Å². The second-order valence-corrected chi connectivity index (χ2v) is 10.4. The molecule has 3 aromatic rings. The standard InChI is InChI=1S/C31H32N2O5/c1-36-29(34)31(15-22-18-37-19-23(16-31)33(22)17-21-9-3-2-4-10-21)32-30(35)38-20-28-26-13-7-5-11-24(26)25-12-6-8-14-27(25)28/h2-14,22-23,28H,15-20H2,1H3,(H,32,35). The molecule has 7 heteroatoms. The third-order valence-corrected chi connectivity index (χ3v) is 8.20. The fraction of sp³-hybridized carbons (Fsp3) is 0.355. The number of methoxy groups -OCH3 is 1. The number of carbonyl (C=O) groups excluding carboxylic acids is 2. The predicted octanol–water partition coefficient (Wildman–Crippen LogP) is 4.50. The molecule has 196 valence electrons. The minimum atomic E-state index is -1.16. The molecule has 3 aromatic carbocycles. The van der Waals surface area contributed by atoms with Crippen molar-refractivity contribution in [2.45, 2.75) is 42.9 Å². The molecule has 2 saturated heterocycles. The largest absolute Gasteiger partial charge is 0.467 e. The quantitative estimate of drug-likeness (QED) is 0.490. The van der Waals surface area contributed by atoms with E-state index in [1.54, 1.807) is 0 Å². The SMILES string of the molecule is COC(=O)C1(NC(=O)OCC2c3ccccc3-c3ccccc32)CC2COCC(C1)N2Cc1ccccc1. The van der Waals surface area contributed by atoms with E-state index >= 15 is 0 Å². The zero-order valence-corrected chi connectivity index (χ0v) is 21.5. The van der Waals surface area contributed by atoms with Gasteiger partial charge in [0, 0.05) is 24.5 Å². The normalized spacial score (nSPS) is 24.2. The molecule has 0 aromatic heterocycles. The number of piperidine rings is 1. The molecule has 6 rings (SSSR count). The van der Waals surface area contributed by atoms with Crippen LogP contribution in [0.5, 0.6) is 0 Å². The van der Waals surface area contributed by atoms with Crippen LogP contribution in [0.15, 0.2) is 78.9 Å². The van der Waals surface area contributed by atoms with Crippen molar-refractivity contribution in [2.24, 2.45) is 0 Å². The lowest BCUT2D eigenvalue weighted by atomic mass is 9.78. The number of esters is 1. The van der Waals surface area contributed by atoms with E-state index in [0.717, 1.165) is 17.7 Å². The van der Waals surface area contributed by atoms with Gasteiger partial charge in [0.1, 0.15) is 12.1 Å². The Bertz CT molecular complexity index is 1270. The molecule has 2 bridgehead atoms. The monoisotopic (exact) mass is 512 g/mol. The summed E-state index contributed by atoms with van der Waals surface area (Å²) in [6, 6.07) is 26.6. The van der Waals surface area contributed by atoms with Crippen molar-refractivity contribution in [2.75, 3.05) is 26.9 Å². The maximum Gasteiger partial charge on any atom is 0.408 e. The molecule has 1 aliphatic carbocycles. The molecule has 2 atom stereocenters. The second-order valence-electron chi connectivity index (χ2n) is 10.4. The molecule has 0 spiro atoms. The molecule has 1 N–H and O–H groups in total. The fourth-order valence-corrected chi connectivity index (χ4v) is 6.47. The van der Waals surface area contributed by atoms with Gasteiger partial charge in [-0.05, 0) is 40.7 Å². The summed E-state index contributed by atoms with van der Waals surface area (Å²) in [5.74, 6) is -0.495. The summed E-state index contributed by atoms with van der Waals surface area (Å²) in [5.41, 5.74) is 4.67. The van der Waals surface area contributed by atoms with Crippen LogP contribution in [0.2, 0.25) is 0 Å². The first kappa shape index (κ1) is 24.6. The first-order valence-electron chi connectivity index (χ1n) is 13.2. The van der Waals surface area contributed by atoms with Crippen molar-refractivity contribution in [1.82, 2.24) is 10.2 Å². The summed E-state index contributed by atoms with van der Waals surface area (Å²) < 4.78 is 16.9. The Labute approximate surface area is 222 Å². The lowest BCUT2D eigenvalue weighted by molar-refractivity contribution is -0.160. The van der Waals surface area contributed by atoms with Gasteiger partial charge in [-0.2, -0.15) is 0 Å². The molecule has 0 radical (unpaired) electrons. The van der Waals surface area contributed by atoms with Crippen LogP contribution in [-0.4, -0.2) is 61.5 Å². The molecule has 0 saturated carbocycles. The smallest absolute Gasteiger partial charge is 0.408 e. The molecule has 2 heterocycles. The number of alkyl carbamates (subject to hydrolysis) is 1. The Kier molecular flexibility index (Phi) is 6.64. The zero-order valence-electron chi connectivity index (χ0n) is 21.5. The Morgan fingerprint density at radius 2 is 1.47 bits per heavy atom. The molecule has 3 aliphatic rings. The van der Waals surface area contributed by atoms with E-state index in [1.807, 2.05) is 42.5 Å². The average Bonchev–Trinajstić information content (AvgIpc) is 3.26. The summed E-state index contributed by atoms with van der Waals surface area (Å²) >= 11 is 0. The topological polar surface area (TPSA) is 77.1 Å². The summed E-state index contributed by atoms with van der Waals surface area (Å²) in [7, 11) is 1.37. The van der Waals surface area contributed by atoms with Gasteiger partial charge in [0.25, 0.3) is 0 Å². The number of benzene rings is 3. The van der Waals surface area contributed by atoms with Crippen LogP contribution in [-0.2, 0) is 25.5 Å². The van der Waals surface area contributed by atoms with Gasteiger partial charge in [0.15, 0.2) is 0 Å². The molecule has 38 heavy (non-hydrogen) atoms. The van der Waals surface area contributed by atoms with Crippen molar-refractivity contribution in [3.05, 3.63) is 95.6 Å². The number of ether oxygens (including phenoxy) is 3. The van der Waals surface area contributed by atoms with E-state index in [4.69, 9.17) is 14.2 Å². The van der Waals surface area contributed by atoms with E-state index in [9.17, 15) is 9.59 Å². The lowest BCUT2D eigenvalue weighted by Gasteiger charge is -2.52. The molecular weight excluding hydrogens is 480 g/mol. The minimum Gasteiger partial charge on any atom is -0.467 e. The molecule has 7 nitrogen and oxygen atoms in total. The molecule has 2 aliphatic heterocycles.